The molecule has 0 aliphatic rings. The Bertz CT molecular complexity index is 896. The Hall–Kier alpha value is -2.73. The lowest BCUT2D eigenvalue weighted by Gasteiger charge is -2.13. The fourth-order valence-electron chi connectivity index (χ4n) is 2.40. The van der Waals surface area contributed by atoms with Crippen LogP contribution in [0.15, 0.2) is 54.9 Å². The molecular formula is C19H18FN3OS. The van der Waals surface area contributed by atoms with E-state index in [9.17, 15) is 9.18 Å². The van der Waals surface area contributed by atoms with Gasteiger partial charge >= 0.3 is 0 Å². The van der Waals surface area contributed by atoms with Gasteiger partial charge in [-0.2, -0.15) is 5.10 Å². The van der Waals surface area contributed by atoms with Crippen LogP contribution < -0.4 is 0 Å². The summed E-state index contributed by atoms with van der Waals surface area (Å²) >= 11 is 1.56. The van der Waals surface area contributed by atoms with Gasteiger partial charge in [0.15, 0.2) is 0 Å². The van der Waals surface area contributed by atoms with Gasteiger partial charge in [0.05, 0.1) is 6.20 Å². The van der Waals surface area contributed by atoms with E-state index in [2.05, 4.69) is 5.10 Å². The van der Waals surface area contributed by atoms with Gasteiger partial charge in [-0.25, -0.2) is 4.39 Å². The number of thiophene rings is 1. The van der Waals surface area contributed by atoms with Crippen molar-refractivity contribution in [3.63, 3.8) is 0 Å². The molecule has 1 aromatic carbocycles. The van der Waals surface area contributed by atoms with E-state index in [0.29, 0.717) is 6.54 Å². The molecule has 0 bridgehead atoms. The second kappa shape index (κ2) is 7.44. The lowest BCUT2D eigenvalue weighted by Crippen LogP contribution is -2.23. The standard InChI is InChI=1S/C19H18FN3OS/c1-22(12-14-11-21-23(2)13-14)19(24)10-8-17-7-9-18(25-17)15-3-5-16(20)6-4-15/h3-11,13H,12H2,1-2H3/b10-8+. The summed E-state index contributed by atoms with van der Waals surface area (Å²) in [6.07, 6.45) is 7.01. The van der Waals surface area contributed by atoms with Crippen molar-refractivity contribution >= 4 is 23.3 Å². The monoisotopic (exact) mass is 355 g/mol. The zero-order valence-corrected chi connectivity index (χ0v) is 14.8. The number of benzene rings is 1. The molecule has 25 heavy (non-hydrogen) atoms. The molecule has 0 N–H and O–H groups in total. The summed E-state index contributed by atoms with van der Waals surface area (Å²) in [6.45, 7) is 0.516. The molecule has 0 saturated heterocycles. The predicted octanol–water partition coefficient (Wildman–Crippen LogP) is 3.96. The van der Waals surface area contributed by atoms with E-state index in [1.54, 1.807) is 58.4 Å². The molecular weight excluding hydrogens is 337 g/mol. The SMILES string of the molecule is CN(Cc1cnn(C)c1)C(=O)/C=C/c1ccc(-c2ccc(F)cc2)s1. The molecule has 0 radical (unpaired) electrons. The second-order valence-corrected chi connectivity index (χ2v) is 6.87. The molecule has 0 fully saturated rings. The fraction of sp³-hybridized carbons (Fsp3) is 0.158. The van der Waals surface area contributed by atoms with Gasteiger partial charge in [0.25, 0.3) is 0 Å². The quantitative estimate of drug-likeness (QED) is 0.650. The van der Waals surface area contributed by atoms with Gasteiger partial charge in [-0.1, -0.05) is 12.1 Å². The number of carbonyl (C=O) groups is 1. The van der Waals surface area contributed by atoms with E-state index >= 15 is 0 Å². The highest BCUT2D eigenvalue weighted by Crippen LogP contribution is 2.28. The number of aryl methyl sites for hydroxylation is 1. The average molecular weight is 355 g/mol. The largest absolute Gasteiger partial charge is 0.338 e. The smallest absolute Gasteiger partial charge is 0.246 e. The van der Waals surface area contributed by atoms with Crippen molar-refractivity contribution in [2.45, 2.75) is 6.54 Å². The van der Waals surface area contributed by atoms with E-state index in [0.717, 1.165) is 20.9 Å². The Morgan fingerprint density at radius 2 is 2.04 bits per heavy atom. The van der Waals surface area contributed by atoms with Gasteiger partial charge < -0.3 is 4.90 Å². The van der Waals surface area contributed by atoms with Gasteiger partial charge in [-0.3, -0.25) is 9.48 Å². The van der Waals surface area contributed by atoms with E-state index in [4.69, 9.17) is 0 Å². The summed E-state index contributed by atoms with van der Waals surface area (Å²) in [6, 6.07) is 10.3. The van der Waals surface area contributed by atoms with Crippen LogP contribution in [0.1, 0.15) is 10.4 Å². The first-order valence-electron chi connectivity index (χ1n) is 7.78. The van der Waals surface area contributed by atoms with Crippen LogP contribution >= 0.6 is 11.3 Å². The number of hydrogen-bond donors (Lipinski definition) is 0. The minimum Gasteiger partial charge on any atom is -0.338 e. The molecule has 2 aromatic heterocycles. The molecule has 1 amide bonds. The third-order valence-corrected chi connectivity index (χ3v) is 4.80. The van der Waals surface area contributed by atoms with Crippen LogP contribution in [-0.4, -0.2) is 27.6 Å². The van der Waals surface area contributed by atoms with Crippen LogP contribution in [0.4, 0.5) is 4.39 Å². The number of carbonyl (C=O) groups excluding carboxylic acids is 1. The van der Waals surface area contributed by atoms with Crippen LogP contribution in [0.2, 0.25) is 0 Å². The van der Waals surface area contributed by atoms with Crippen molar-refractivity contribution in [2.75, 3.05) is 7.05 Å². The molecule has 0 aliphatic carbocycles. The lowest BCUT2D eigenvalue weighted by atomic mass is 10.2. The molecule has 0 saturated carbocycles. The van der Waals surface area contributed by atoms with Crippen LogP contribution in [-0.2, 0) is 18.4 Å². The van der Waals surface area contributed by atoms with E-state index < -0.39 is 0 Å². The zero-order valence-electron chi connectivity index (χ0n) is 14.0. The van der Waals surface area contributed by atoms with E-state index in [1.165, 1.54) is 12.1 Å². The topological polar surface area (TPSA) is 38.1 Å². The van der Waals surface area contributed by atoms with Crippen molar-refractivity contribution in [3.05, 3.63) is 71.1 Å². The molecule has 128 valence electrons. The van der Waals surface area contributed by atoms with E-state index in [-0.39, 0.29) is 11.7 Å². The Kier molecular flexibility index (Phi) is 5.09. The average Bonchev–Trinajstić information content (AvgIpc) is 3.22. The molecule has 0 unspecified atom stereocenters. The highest BCUT2D eigenvalue weighted by atomic mass is 32.1. The first kappa shape index (κ1) is 17.1. The fourth-order valence-corrected chi connectivity index (χ4v) is 3.31. The maximum Gasteiger partial charge on any atom is 0.246 e. The van der Waals surface area contributed by atoms with Crippen molar-refractivity contribution in [1.82, 2.24) is 14.7 Å². The normalized spacial score (nSPS) is 11.2. The molecule has 3 rings (SSSR count). The number of rotatable bonds is 5. The molecule has 4 nitrogen and oxygen atoms in total. The number of likely N-dealkylation sites (N-methyl/N-ethyl adjacent to an activating group) is 1. The van der Waals surface area contributed by atoms with E-state index in [1.807, 2.05) is 25.4 Å². The Balaban J connectivity index is 1.63. The van der Waals surface area contributed by atoms with Crippen molar-refractivity contribution in [3.8, 4) is 10.4 Å². The predicted molar refractivity (Wildman–Crippen MR) is 98.4 cm³/mol. The molecule has 0 aliphatic heterocycles. The Morgan fingerprint density at radius 3 is 2.72 bits per heavy atom. The number of hydrogen-bond acceptors (Lipinski definition) is 3. The molecule has 0 spiro atoms. The highest BCUT2D eigenvalue weighted by Gasteiger charge is 2.07. The van der Waals surface area contributed by atoms with Crippen molar-refractivity contribution in [2.24, 2.45) is 7.05 Å². The number of nitrogens with zero attached hydrogens (tertiary/aromatic N) is 3. The molecule has 6 heteroatoms. The van der Waals surface area contributed by atoms with Crippen LogP contribution in [0, 0.1) is 5.82 Å². The molecule has 0 atom stereocenters. The third kappa shape index (κ3) is 4.42. The minimum absolute atomic E-state index is 0.0689. The number of aromatic nitrogens is 2. The second-order valence-electron chi connectivity index (χ2n) is 5.76. The summed E-state index contributed by atoms with van der Waals surface area (Å²) in [7, 11) is 3.61. The van der Waals surface area contributed by atoms with Gasteiger partial charge in [0, 0.05) is 48.2 Å². The summed E-state index contributed by atoms with van der Waals surface area (Å²) in [4.78, 5) is 15.9. The number of amides is 1. The zero-order chi connectivity index (χ0) is 17.8. The summed E-state index contributed by atoms with van der Waals surface area (Å²) in [5, 5.41) is 4.10. The minimum atomic E-state index is -0.248. The van der Waals surface area contributed by atoms with Crippen LogP contribution in [0.3, 0.4) is 0 Å². The summed E-state index contributed by atoms with van der Waals surface area (Å²) in [5.74, 6) is -0.316. The Morgan fingerprint density at radius 1 is 1.28 bits per heavy atom. The lowest BCUT2D eigenvalue weighted by molar-refractivity contribution is -0.125. The first-order valence-corrected chi connectivity index (χ1v) is 8.59. The van der Waals surface area contributed by atoms with Crippen molar-refractivity contribution in [1.29, 1.82) is 0 Å². The summed E-state index contributed by atoms with van der Waals surface area (Å²) < 4.78 is 14.7. The highest BCUT2D eigenvalue weighted by molar-refractivity contribution is 7.16. The number of halogens is 1. The van der Waals surface area contributed by atoms with Gasteiger partial charge in [-0.05, 0) is 35.9 Å². The van der Waals surface area contributed by atoms with Gasteiger partial charge in [-0.15, -0.1) is 11.3 Å². The van der Waals surface area contributed by atoms with Crippen LogP contribution in [0.25, 0.3) is 16.5 Å². The Labute approximate surface area is 149 Å². The maximum absolute atomic E-state index is 13.0. The molecule has 3 aromatic rings. The maximum atomic E-state index is 13.0. The molecule has 2 heterocycles. The van der Waals surface area contributed by atoms with Crippen LogP contribution in [0.5, 0.6) is 0 Å². The first-order chi connectivity index (χ1) is 12.0. The van der Waals surface area contributed by atoms with Gasteiger partial charge in [0.1, 0.15) is 5.82 Å². The van der Waals surface area contributed by atoms with Crippen molar-refractivity contribution < 1.29 is 9.18 Å². The third-order valence-electron chi connectivity index (χ3n) is 3.70. The van der Waals surface area contributed by atoms with Gasteiger partial charge in [0.2, 0.25) is 5.91 Å². The summed E-state index contributed by atoms with van der Waals surface area (Å²) in [5.41, 5.74) is 1.95.